The van der Waals surface area contributed by atoms with Gasteiger partial charge in [-0.05, 0) is 43.0 Å². The van der Waals surface area contributed by atoms with Crippen molar-refractivity contribution in [3.05, 3.63) is 66.4 Å². The first-order valence-electron chi connectivity index (χ1n) is 10.9. The molecule has 2 aromatic carbocycles. The summed E-state index contributed by atoms with van der Waals surface area (Å²) in [6.45, 7) is 3.95. The summed E-state index contributed by atoms with van der Waals surface area (Å²) >= 11 is 1.48. The second kappa shape index (κ2) is 10.7. The number of hydrogen-bond acceptors (Lipinski definition) is 5. The normalized spacial score (nSPS) is 16.6. The van der Waals surface area contributed by atoms with Crippen molar-refractivity contribution in [1.82, 2.24) is 14.9 Å². The molecule has 0 aliphatic carbocycles. The van der Waals surface area contributed by atoms with Gasteiger partial charge in [-0.3, -0.25) is 4.79 Å². The summed E-state index contributed by atoms with van der Waals surface area (Å²) in [5, 5.41) is 3.59. The lowest BCUT2D eigenvalue weighted by Crippen LogP contribution is -2.30. The Balaban J connectivity index is 1.44. The van der Waals surface area contributed by atoms with Crippen LogP contribution in [0.15, 0.2) is 66.0 Å². The first kappa shape index (κ1) is 22.4. The number of aromatic nitrogens is 2. The van der Waals surface area contributed by atoms with E-state index in [1.165, 1.54) is 11.8 Å². The van der Waals surface area contributed by atoms with Gasteiger partial charge in [-0.1, -0.05) is 54.2 Å². The molecule has 0 bridgehead atoms. The van der Waals surface area contributed by atoms with E-state index in [9.17, 15) is 4.79 Å². The number of thioether (sulfide) groups is 1. The zero-order valence-corrected chi connectivity index (χ0v) is 19.3. The van der Waals surface area contributed by atoms with Gasteiger partial charge in [0.2, 0.25) is 5.91 Å². The molecule has 1 amide bonds. The van der Waals surface area contributed by atoms with Crippen molar-refractivity contribution in [3.63, 3.8) is 0 Å². The van der Waals surface area contributed by atoms with Crippen molar-refractivity contribution in [1.29, 1.82) is 0 Å². The molecule has 32 heavy (non-hydrogen) atoms. The van der Waals surface area contributed by atoms with Crippen LogP contribution in [0.1, 0.15) is 25.3 Å². The molecule has 3 aromatic rings. The van der Waals surface area contributed by atoms with Crippen LogP contribution in [-0.4, -0.2) is 40.5 Å². The molecular formula is C25H29N3O3S. The Morgan fingerprint density at radius 3 is 2.72 bits per heavy atom. The smallest absolute Gasteiger partial charge is 0.233 e. The number of amides is 1. The molecule has 1 saturated heterocycles. The Labute approximate surface area is 193 Å². The molecule has 0 saturated carbocycles. The van der Waals surface area contributed by atoms with Crippen LogP contribution in [0.5, 0.6) is 5.75 Å². The van der Waals surface area contributed by atoms with Gasteiger partial charge in [0, 0.05) is 13.2 Å². The highest BCUT2D eigenvalue weighted by Gasteiger charge is 2.23. The molecular weight excluding hydrogens is 422 g/mol. The second-order valence-electron chi connectivity index (χ2n) is 7.86. The number of methoxy groups -OCH3 is 1. The summed E-state index contributed by atoms with van der Waals surface area (Å²) < 4.78 is 13.3. The number of imidazole rings is 1. The number of carbonyl (C=O) groups excluding carboxylic acids is 1. The molecule has 0 radical (unpaired) electrons. The van der Waals surface area contributed by atoms with E-state index in [-0.39, 0.29) is 17.3 Å². The zero-order chi connectivity index (χ0) is 22.3. The van der Waals surface area contributed by atoms with Gasteiger partial charge >= 0.3 is 0 Å². The van der Waals surface area contributed by atoms with Crippen LogP contribution in [-0.2, 0) is 22.6 Å². The van der Waals surface area contributed by atoms with Crippen molar-refractivity contribution in [2.75, 3.05) is 13.7 Å². The minimum absolute atomic E-state index is 0.0151. The second-order valence-corrected chi connectivity index (χ2v) is 9.17. The first-order valence-corrected chi connectivity index (χ1v) is 11.8. The predicted octanol–water partition coefficient (Wildman–Crippen LogP) is 4.53. The van der Waals surface area contributed by atoms with E-state index in [0.29, 0.717) is 6.54 Å². The van der Waals surface area contributed by atoms with E-state index < -0.39 is 0 Å². The SMILES string of the molecule is COc1ccc(CNC(=O)C(C)Sc2ncc(-c3ccccc3)n2CC2CCCO2)cc1. The van der Waals surface area contributed by atoms with Gasteiger partial charge in [-0.2, -0.15) is 0 Å². The highest BCUT2D eigenvalue weighted by Crippen LogP contribution is 2.30. The fourth-order valence-electron chi connectivity index (χ4n) is 3.75. The molecule has 1 N–H and O–H groups in total. The van der Waals surface area contributed by atoms with Crippen LogP contribution in [0, 0.1) is 0 Å². The summed E-state index contributed by atoms with van der Waals surface area (Å²) in [5.41, 5.74) is 3.19. The van der Waals surface area contributed by atoms with E-state index in [1.54, 1.807) is 7.11 Å². The standard InChI is InChI=1S/C25H29N3O3S/c1-18(24(29)26-15-19-10-12-21(30-2)13-11-19)32-25-27-16-23(20-7-4-3-5-8-20)28(25)17-22-9-6-14-31-22/h3-5,7-8,10-13,16,18,22H,6,9,14-15,17H2,1-2H3,(H,26,29). The highest BCUT2D eigenvalue weighted by molar-refractivity contribution is 8.00. The van der Waals surface area contributed by atoms with E-state index >= 15 is 0 Å². The van der Waals surface area contributed by atoms with E-state index in [2.05, 4.69) is 27.0 Å². The average Bonchev–Trinajstić information content (AvgIpc) is 3.49. The number of carbonyl (C=O) groups is 1. The topological polar surface area (TPSA) is 65.4 Å². The number of nitrogens with one attached hydrogen (secondary N) is 1. The van der Waals surface area contributed by atoms with Crippen LogP contribution >= 0.6 is 11.8 Å². The maximum atomic E-state index is 12.8. The lowest BCUT2D eigenvalue weighted by atomic mass is 10.1. The molecule has 1 aliphatic rings. The maximum absolute atomic E-state index is 12.8. The summed E-state index contributed by atoms with van der Waals surface area (Å²) in [5.74, 6) is 0.787. The summed E-state index contributed by atoms with van der Waals surface area (Å²) in [7, 11) is 1.64. The van der Waals surface area contributed by atoms with Crippen LogP contribution in [0.25, 0.3) is 11.3 Å². The van der Waals surface area contributed by atoms with Crippen LogP contribution < -0.4 is 10.1 Å². The van der Waals surface area contributed by atoms with Gasteiger partial charge in [0.15, 0.2) is 5.16 Å². The van der Waals surface area contributed by atoms with Gasteiger partial charge in [0.1, 0.15) is 5.75 Å². The van der Waals surface area contributed by atoms with E-state index in [0.717, 1.165) is 53.7 Å². The fraction of sp³-hybridized carbons (Fsp3) is 0.360. The number of hydrogen-bond donors (Lipinski definition) is 1. The summed E-state index contributed by atoms with van der Waals surface area (Å²) in [6.07, 6.45) is 4.22. The van der Waals surface area contributed by atoms with Gasteiger partial charge in [0.25, 0.3) is 0 Å². The minimum Gasteiger partial charge on any atom is -0.497 e. The van der Waals surface area contributed by atoms with Crippen molar-refractivity contribution in [3.8, 4) is 17.0 Å². The van der Waals surface area contributed by atoms with Crippen molar-refractivity contribution < 1.29 is 14.3 Å². The molecule has 2 unspecified atom stereocenters. The lowest BCUT2D eigenvalue weighted by Gasteiger charge is -2.18. The van der Waals surface area contributed by atoms with Gasteiger partial charge in [-0.15, -0.1) is 0 Å². The number of ether oxygens (including phenoxy) is 2. The summed E-state index contributed by atoms with van der Waals surface area (Å²) in [4.78, 5) is 17.4. The van der Waals surface area contributed by atoms with Crippen molar-refractivity contribution in [2.45, 2.75) is 49.4 Å². The van der Waals surface area contributed by atoms with Crippen molar-refractivity contribution >= 4 is 17.7 Å². The lowest BCUT2D eigenvalue weighted by molar-refractivity contribution is -0.120. The Morgan fingerprint density at radius 1 is 1.25 bits per heavy atom. The molecule has 2 atom stereocenters. The Kier molecular flexibility index (Phi) is 7.50. The third-order valence-electron chi connectivity index (χ3n) is 5.58. The van der Waals surface area contributed by atoms with Gasteiger partial charge < -0.3 is 19.4 Å². The van der Waals surface area contributed by atoms with Crippen LogP contribution in [0.4, 0.5) is 0 Å². The zero-order valence-electron chi connectivity index (χ0n) is 18.5. The summed E-state index contributed by atoms with van der Waals surface area (Å²) in [6, 6.07) is 17.9. The largest absolute Gasteiger partial charge is 0.497 e. The molecule has 1 aromatic heterocycles. The van der Waals surface area contributed by atoms with Crippen LogP contribution in [0.2, 0.25) is 0 Å². The van der Waals surface area contributed by atoms with E-state index in [1.807, 2.05) is 55.6 Å². The highest BCUT2D eigenvalue weighted by atomic mass is 32.2. The molecule has 6 nitrogen and oxygen atoms in total. The first-order chi connectivity index (χ1) is 15.6. The predicted molar refractivity (Wildman–Crippen MR) is 127 cm³/mol. The Hall–Kier alpha value is -2.77. The molecule has 168 valence electrons. The van der Waals surface area contributed by atoms with Gasteiger partial charge in [0.05, 0.1) is 36.9 Å². The quantitative estimate of drug-likeness (QED) is 0.484. The van der Waals surface area contributed by atoms with Gasteiger partial charge in [-0.25, -0.2) is 4.98 Å². The number of rotatable bonds is 9. The molecule has 2 heterocycles. The Morgan fingerprint density at radius 2 is 2.03 bits per heavy atom. The van der Waals surface area contributed by atoms with Crippen molar-refractivity contribution in [2.24, 2.45) is 0 Å². The molecule has 4 rings (SSSR count). The molecule has 7 heteroatoms. The fourth-order valence-corrected chi connectivity index (χ4v) is 4.67. The van der Waals surface area contributed by atoms with E-state index in [4.69, 9.17) is 9.47 Å². The molecule has 1 aliphatic heterocycles. The average molecular weight is 452 g/mol. The monoisotopic (exact) mass is 451 g/mol. The minimum atomic E-state index is -0.275. The maximum Gasteiger partial charge on any atom is 0.233 e. The number of benzene rings is 2. The third kappa shape index (κ3) is 5.53. The molecule has 1 fully saturated rings. The molecule has 0 spiro atoms. The Bertz CT molecular complexity index is 1010. The third-order valence-corrected chi connectivity index (χ3v) is 6.68. The number of nitrogens with zero attached hydrogens (tertiary/aromatic N) is 2. The van der Waals surface area contributed by atoms with Crippen LogP contribution in [0.3, 0.4) is 0 Å².